The highest BCUT2D eigenvalue weighted by molar-refractivity contribution is 5.37. The zero-order valence-electron chi connectivity index (χ0n) is 9.46. The molecule has 0 radical (unpaired) electrons. The Bertz CT molecular complexity index is 327. The number of hydrogen-bond donors (Lipinski definition) is 1. The number of hydrogen-bond acceptors (Lipinski definition) is 2. The SMILES string of the molecule is CCC(C)[C@@H](N)c1c(F)cccc1OC. The average molecular weight is 211 g/mol. The normalized spacial score (nSPS) is 14.7. The Morgan fingerprint density at radius 2 is 2.13 bits per heavy atom. The molecule has 1 aromatic rings. The Kier molecular flexibility index (Phi) is 4.09. The smallest absolute Gasteiger partial charge is 0.131 e. The van der Waals surface area contributed by atoms with Gasteiger partial charge in [0.15, 0.2) is 0 Å². The summed E-state index contributed by atoms with van der Waals surface area (Å²) in [6, 6.07) is 4.47. The Labute approximate surface area is 90.2 Å². The quantitative estimate of drug-likeness (QED) is 0.831. The highest BCUT2D eigenvalue weighted by Crippen LogP contribution is 2.31. The lowest BCUT2D eigenvalue weighted by Crippen LogP contribution is -2.20. The van der Waals surface area contributed by atoms with Gasteiger partial charge in [-0.05, 0) is 18.1 Å². The minimum atomic E-state index is -0.314. The van der Waals surface area contributed by atoms with Gasteiger partial charge >= 0.3 is 0 Å². The summed E-state index contributed by atoms with van der Waals surface area (Å²) >= 11 is 0. The minimum absolute atomic E-state index is 0.232. The van der Waals surface area contributed by atoms with Crippen molar-refractivity contribution in [2.45, 2.75) is 26.3 Å². The lowest BCUT2D eigenvalue weighted by Gasteiger charge is -2.21. The molecule has 0 fully saturated rings. The van der Waals surface area contributed by atoms with Gasteiger partial charge in [0.05, 0.1) is 7.11 Å². The molecule has 0 aromatic heterocycles. The number of ether oxygens (including phenoxy) is 1. The lowest BCUT2D eigenvalue weighted by atomic mass is 9.92. The van der Waals surface area contributed by atoms with Crippen molar-refractivity contribution in [3.63, 3.8) is 0 Å². The van der Waals surface area contributed by atoms with E-state index in [1.54, 1.807) is 12.1 Å². The van der Waals surface area contributed by atoms with Crippen LogP contribution in [-0.4, -0.2) is 7.11 Å². The van der Waals surface area contributed by atoms with Gasteiger partial charge < -0.3 is 10.5 Å². The molecule has 0 heterocycles. The van der Waals surface area contributed by atoms with Crippen LogP contribution in [0.5, 0.6) is 5.75 Å². The molecule has 0 spiro atoms. The van der Waals surface area contributed by atoms with Crippen LogP contribution in [0.15, 0.2) is 18.2 Å². The van der Waals surface area contributed by atoms with Crippen LogP contribution in [0, 0.1) is 11.7 Å². The fourth-order valence-corrected chi connectivity index (χ4v) is 1.56. The van der Waals surface area contributed by atoms with E-state index < -0.39 is 0 Å². The first-order valence-corrected chi connectivity index (χ1v) is 5.19. The average Bonchev–Trinajstić information content (AvgIpc) is 2.26. The zero-order chi connectivity index (χ0) is 11.4. The van der Waals surface area contributed by atoms with Crippen molar-refractivity contribution < 1.29 is 9.13 Å². The van der Waals surface area contributed by atoms with Crippen LogP contribution in [0.3, 0.4) is 0 Å². The summed E-state index contributed by atoms with van der Waals surface area (Å²) in [5.41, 5.74) is 6.49. The molecule has 0 bridgehead atoms. The van der Waals surface area contributed by atoms with Crippen LogP contribution in [-0.2, 0) is 0 Å². The summed E-state index contributed by atoms with van der Waals surface area (Å²) in [7, 11) is 1.53. The third-order valence-corrected chi connectivity index (χ3v) is 2.82. The van der Waals surface area contributed by atoms with Gasteiger partial charge in [-0.2, -0.15) is 0 Å². The van der Waals surface area contributed by atoms with Crippen molar-refractivity contribution in [1.29, 1.82) is 0 Å². The molecule has 1 rings (SSSR count). The van der Waals surface area contributed by atoms with E-state index >= 15 is 0 Å². The van der Waals surface area contributed by atoms with E-state index in [0.717, 1.165) is 6.42 Å². The monoisotopic (exact) mass is 211 g/mol. The van der Waals surface area contributed by atoms with Gasteiger partial charge in [-0.1, -0.05) is 26.3 Å². The molecular formula is C12H18FNO. The van der Waals surface area contributed by atoms with E-state index in [1.165, 1.54) is 13.2 Å². The second-order valence-electron chi connectivity index (χ2n) is 3.77. The number of rotatable bonds is 4. The van der Waals surface area contributed by atoms with E-state index in [4.69, 9.17) is 10.5 Å². The first-order chi connectivity index (χ1) is 7.11. The number of nitrogens with two attached hydrogens (primary N) is 1. The van der Waals surface area contributed by atoms with Crippen molar-refractivity contribution in [3.05, 3.63) is 29.6 Å². The Hall–Kier alpha value is -1.09. The maximum Gasteiger partial charge on any atom is 0.131 e. The second kappa shape index (κ2) is 5.12. The van der Waals surface area contributed by atoms with Gasteiger partial charge in [0.2, 0.25) is 0 Å². The molecule has 0 aliphatic heterocycles. The summed E-state index contributed by atoms with van der Waals surface area (Å²) in [6.07, 6.45) is 0.915. The van der Waals surface area contributed by atoms with Gasteiger partial charge in [-0.25, -0.2) is 4.39 Å². The standard InChI is InChI=1S/C12H18FNO/c1-4-8(2)12(14)11-9(13)6-5-7-10(11)15-3/h5-8,12H,4,14H2,1-3H3/t8?,12-/m1/s1. The van der Waals surface area contributed by atoms with Crippen molar-refractivity contribution in [3.8, 4) is 5.75 Å². The van der Waals surface area contributed by atoms with Crippen LogP contribution >= 0.6 is 0 Å². The number of methoxy groups -OCH3 is 1. The predicted molar refractivity (Wildman–Crippen MR) is 59.3 cm³/mol. The summed E-state index contributed by atoms with van der Waals surface area (Å²) in [5, 5.41) is 0. The molecule has 0 aliphatic rings. The highest BCUT2D eigenvalue weighted by atomic mass is 19.1. The van der Waals surface area contributed by atoms with E-state index in [1.807, 2.05) is 13.8 Å². The number of halogens is 1. The lowest BCUT2D eigenvalue weighted by molar-refractivity contribution is 0.377. The fourth-order valence-electron chi connectivity index (χ4n) is 1.56. The van der Waals surface area contributed by atoms with Gasteiger partial charge in [0, 0.05) is 11.6 Å². The highest BCUT2D eigenvalue weighted by Gasteiger charge is 2.20. The Morgan fingerprint density at radius 1 is 1.47 bits per heavy atom. The van der Waals surface area contributed by atoms with Gasteiger partial charge in [0.1, 0.15) is 11.6 Å². The van der Waals surface area contributed by atoms with Crippen LogP contribution in [0.2, 0.25) is 0 Å². The Balaban J connectivity index is 3.10. The molecule has 2 nitrogen and oxygen atoms in total. The molecule has 1 aromatic carbocycles. The van der Waals surface area contributed by atoms with Crippen LogP contribution < -0.4 is 10.5 Å². The molecule has 2 N–H and O–H groups in total. The molecule has 15 heavy (non-hydrogen) atoms. The first-order valence-electron chi connectivity index (χ1n) is 5.19. The van der Waals surface area contributed by atoms with Crippen LogP contribution in [0.4, 0.5) is 4.39 Å². The topological polar surface area (TPSA) is 35.2 Å². The van der Waals surface area contributed by atoms with Gasteiger partial charge in [0.25, 0.3) is 0 Å². The van der Waals surface area contributed by atoms with Crippen molar-refractivity contribution >= 4 is 0 Å². The predicted octanol–water partition coefficient (Wildman–Crippen LogP) is 2.88. The van der Waals surface area contributed by atoms with Gasteiger partial charge in [-0.15, -0.1) is 0 Å². The largest absolute Gasteiger partial charge is 0.496 e. The summed E-state index contributed by atoms with van der Waals surface area (Å²) in [4.78, 5) is 0. The molecule has 84 valence electrons. The molecule has 0 saturated heterocycles. The number of benzene rings is 1. The molecule has 2 atom stereocenters. The molecule has 1 unspecified atom stereocenters. The third kappa shape index (κ3) is 2.48. The van der Waals surface area contributed by atoms with E-state index in [-0.39, 0.29) is 17.8 Å². The molecule has 0 aliphatic carbocycles. The molecule has 0 saturated carbocycles. The first kappa shape index (κ1) is 12.0. The van der Waals surface area contributed by atoms with E-state index in [2.05, 4.69) is 0 Å². The van der Waals surface area contributed by atoms with Crippen molar-refractivity contribution in [1.82, 2.24) is 0 Å². The van der Waals surface area contributed by atoms with Crippen molar-refractivity contribution in [2.24, 2.45) is 11.7 Å². The van der Waals surface area contributed by atoms with Crippen molar-refractivity contribution in [2.75, 3.05) is 7.11 Å². The van der Waals surface area contributed by atoms with Crippen LogP contribution in [0.25, 0.3) is 0 Å². The third-order valence-electron chi connectivity index (χ3n) is 2.82. The Morgan fingerprint density at radius 3 is 2.67 bits per heavy atom. The van der Waals surface area contributed by atoms with E-state index in [0.29, 0.717) is 11.3 Å². The van der Waals surface area contributed by atoms with E-state index in [9.17, 15) is 4.39 Å². The summed E-state index contributed by atoms with van der Waals surface area (Å²) < 4.78 is 18.7. The maximum absolute atomic E-state index is 13.6. The molecule has 3 heteroatoms. The molecule has 0 amide bonds. The summed E-state index contributed by atoms with van der Waals surface area (Å²) in [5.74, 6) is 0.473. The second-order valence-corrected chi connectivity index (χ2v) is 3.77. The summed E-state index contributed by atoms with van der Waals surface area (Å²) in [6.45, 7) is 4.05. The maximum atomic E-state index is 13.6. The van der Waals surface area contributed by atoms with Gasteiger partial charge in [-0.3, -0.25) is 0 Å². The van der Waals surface area contributed by atoms with Crippen LogP contribution in [0.1, 0.15) is 31.9 Å². The minimum Gasteiger partial charge on any atom is -0.496 e. The zero-order valence-corrected chi connectivity index (χ0v) is 9.46. The molecular weight excluding hydrogens is 193 g/mol. The fraction of sp³-hybridized carbons (Fsp3) is 0.500.